The number of aromatic nitrogens is 3. The Labute approximate surface area is 186 Å². The first-order valence-corrected chi connectivity index (χ1v) is 11.0. The smallest absolute Gasteiger partial charge is 0.257 e. The average Bonchev–Trinajstić information content (AvgIpc) is 3.04. The second kappa shape index (κ2) is 9.35. The Morgan fingerprint density at radius 2 is 1.74 bits per heavy atom. The van der Waals surface area contributed by atoms with Crippen molar-refractivity contribution in [1.29, 1.82) is 0 Å². The second-order valence-corrected chi connectivity index (χ2v) is 8.04. The van der Waals surface area contributed by atoms with E-state index in [1.54, 1.807) is 6.07 Å². The predicted molar refractivity (Wildman–Crippen MR) is 126 cm³/mol. The molecule has 1 amide bonds. The third-order valence-corrected chi connectivity index (χ3v) is 5.82. The summed E-state index contributed by atoms with van der Waals surface area (Å²) in [6, 6.07) is 15.1. The minimum Gasteiger partial charge on any atom is -0.384 e. The Balaban J connectivity index is 1.72. The van der Waals surface area contributed by atoms with Crippen LogP contribution >= 0.6 is 11.6 Å². The molecule has 4 aromatic rings. The lowest BCUT2D eigenvalue weighted by Gasteiger charge is -2.08. The number of aryl methyl sites for hydroxylation is 1. The first-order chi connectivity index (χ1) is 15.1. The molecule has 2 aromatic heterocycles. The number of hydrogen-bond acceptors (Lipinski definition) is 4. The summed E-state index contributed by atoms with van der Waals surface area (Å²) >= 11 is 6.23. The number of amides is 1. The molecule has 0 spiro atoms. The summed E-state index contributed by atoms with van der Waals surface area (Å²) < 4.78 is 1.93. The summed E-state index contributed by atoms with van der Waals surface area (Å²) in [4.78, 5) is 22.7. The van der Waals surface area contributed by atoms with Gasteiger partial charge in [-0.1, -0.05) is 68.1 Å². The summed E-state index contributed by atoms with van der Waals surface area (Å²) in [6.45, 7) is 3.19. The number of anilines is 1. The predicted octanol–water partition coefficient (Wildman–Crippen LogP) is 5.33. The second-order valence-electron chi connectivity index (χ2n) is 7.63. The summed E-state index contributed by atoms with van der Waals surface area (Å²) in [5.74, 6) is 0.123. The molecule has 0 fully saturated rings. The van der Waals surface area contributed by atoms with Crippen LogP contribution in [-0.2, 0) is 13.1 Å². The minimum atomic E-state index is -0.278. The lowest BCUT2D eigenvalue weighted by Crippen LogP contribution is -2.24. The fourth-order valence-electron chi connectivity index (χ4n) is 3.77. The molecule has 4 rings (SSSR count). The molecular formula is C24H26ClN5O. The van der Waals surface area contributed by atoms with Gasteiger partial charge in [0.2, 0.25) is 0 Å². The van der Waals surface area contributed by atoms with E-state index in [-0.39, 0.29) is 5.91 Å². The summed E-state index contributed by atoms with van der Waals surface area (Å²) in [6.07, 6.45) is 4.39. The number of fused-ring (bicyclic) bond motifs is 2. The van der Waals surface area contributed by atoms with Gasteiger partial charge < -0.3 is 15.6 Å². The van der Waals surface area contributed by atoms with E-state index in [1.807, 2.05) is 47.0 Å². The van der Waals surface area contributed by atoms with Crippen LogP contribution in [0.1, 0.15) is 48.5 Å². The molecule has 0 unspecified atom stereocenters. The standard InChI is InChI=1S/C24H26ClN5O/c1-2-3-4-9-14-30-22(26)20(24(31)27-15-16-10-5-6-11-17(16)25)21-23(30)29-19-13-8-7-12-18(19)28-21/h5-8,10-13H,2-4,9,14-15,26H2,1H3,(H,27,31). The van der Waals surface area contributed by atoms with Gasteiger partial charge in [-0.15, -0.1) is 0 Å². The van der Waals surface area contributed by atoms with E-state index in [4.69, 9.17) is 27.3 Å². The SMILES string of the molecule is CCCCCCn1c(N)c(C(=O)NCc2ccccc2Cl)c2nc3ccccc3nc21. The lowest BCUT2D eigenvalue weighted by molar-refractivity contribution is 0.0953. The van der Waals surface area contributed by atoms with Crippen LogP contribution in [0.4, 0.5) is 5.82 Å². The van der Waals surface area contributed by atoms with Crippen molar-refractivity contribution in [3.63, 3.8) is 0 Å². The molecule has 7 heteroatoms. The van der Waals surface area contributed by atoms with Gasteiger partial charge in [0.1, 0.15) is 16.9 Å². The number of carbonyl (C=O) groups excluding carboxylic acids is 1. The Hall–Kier alpha value is -3.12. The number of unbranched alkanes of at least 4 members (excludes halogenated alkanes) is 3. The van der Waals surface area contributed by atoms with Gasteiger partial charge in [-0.05, 0) is 30.2 Å². The molecule has 0 bridgehead atoms. The van der Waals surface area contributed by atoms with E-state index >= 15 is 0 Å². The van der Waals surface area contributed by atoms with Crippen molar-refractivity contribution < 1.29 is 4.79 Å². The van der Waals surface area contributed by atoms with Crippen LogP contribution < -0.4 is 11.1 Å². The summed E-state index contributed by atoms with van der Waals surface area (Å²) in [5, 5.41) is 3.55. The van der Waals surface area contributed by atoms with Gasteiger partial charge in [-0.3, -0.25) is 4.79 Å². The maximum absolute atomic E-state index is 13.2. The maximum Gasteiger partial charge on any atom is 0.257 e. The Morgan fingerprint density at radius 1 is 1.03 bits per heavy atom. The van der Waals surface area contributed by atoms with Crippen molar-refractivity contribution in [2.45, 2.75) is 45.7 Å². The van der Waals surface area contributed by atoms with Gasteiger partial charge in [-0.25, -0.2) is 9.97 Å². The first-order valence-electron chi connectivity index (χ1n) is 10.7. The molecule has 0 aliphatic rings. The lowest BCUT2D eigenvalue weighted by atomic mass is 10.2. The average molecular weight is 436 g/mol. The molecule has 2 aromatic carbocycles. The third-order valence-electron chi connectivity index (χ3n) is 5.45. The topological polar surface area (TPSA) is 85.8 Å². The van der Waals surface area contributed by atoms with Gasteiger partial charge in [0.15, 0.2) is 5.65 Å². The zero-order valence-corrected chi connectivity index (χ0v) is 18.3. The van der Waals surface area contributed by atoms with Gasteiger partial charge in [0.05, 0.1) is 11.0 Å². The zero-order valence-electron chi connectivity index (χ0n) is 17.6. The van der Waals surface area contributed by atoms with Crippen molar-refractivity contribution >= 4 is 45.5 Å². The number of benzene rings is 2. The van der Waals surface area contributed by atoms with E-state index in [0.717, 1.165) is 35.9 Å². The fourth-order valence-corrected chi connectivity index (χ4v) is 3.97. The highest BCUT2D eigenvalue weighted by atomic mass is 35.5. The van der Waals surface area contributed by atoms with E-state index in [0.29, 0.717) is 40.7 Å². The first kappa shape index (κ1) is 21.1. The number of nitrogens with zero attached hydrogens (tertiary/aromatic N) is 3. The zero-order chi connectivity index (χ0) is 21.8. The van der Waals surface area contributed by atoms with Crippen molar-refractivity contribution in [2.75, 3.05) is 5.73 Å². The van der Waals surface area contributed by atoms with E-state index in [1.165, 1.54) is 6.42 Å². The number of para-hydroxylation sites is 2. The monoisotopic (exact) mass is 435 g/mol. The summed E-state index contributed by atoms with van der Waals surface area (Å²) in [5.41, 5.74) is 10.4. The van der Waals surface area contributed by atoms with Crippen LogP contribution in [-0.4, -0.2) is 20.4 Å². The van der Waals surface area contributed by atoms with E-state index < -0.39 is 0 Å². The highest BCUT2D eigenvalue weighted by molar-refractivity contribution is 6.31. The largest absolute Gasteiger partial charge is 0.384 e. The number of nitrogens with one attached hydrogen (secondary N) is 1. The maximum atomic E-state index is 13.2. The molecule has 0 radical (unpaired) electrons. The minimum absolute atomic E-state index is 0.278. The molecule has 160 valence electrons. The normalized spacial score (nSPS) is 11.3. The highest BCUT2D eigenvalue weighted by Gasteiger charge is 2.23. The number of nitrogens with two attached hydrogens (primary N) is 1. The van der Waals surface area contributed by atoms with Crippen LogP contribution in [0.2, 0.25) is 5.02 Å². The Bertz CT molecular complexity index is 1230. The van der Waals surface area contributed by atoms with Crippen molar-refractivity contribution in [2.24, 2.45) is 0 Å². The van der Waals surface area contributed by atoms with E-state index in [2.05, 4.69) is 12.2 Å². The van der Waals surface area contributed by atoms with Crippen LogP contribution in [0.5, 0.6) is 0 Å². The number of hydrogen-bond donors (Lipinski definition) is 2. The van der Waals surface area contributed by atoms with Crippen molar-refractivity contribution in [3.8, 4) is 0 Å². The van der Waals surface area contributed by atoms with Gasteiger partial charge in [0.25, 0.3) is 5.91 Å². The molecule has 0 aliphatic heterocycles. The van der Waals surface area contributed by atoms with Gasteiger partial charge >= 0.3 is 0 Å². The van der Waals surface area contributed by atoms with Crippen LogP contribution in [0, 0.1) is 0 Å². The molecule has 2 heterocycles. The van der Waals surface area contributed by atoms with Crippen LogP contribution in [0.3, 0.4) is 0 Å². The molecule has 0 aliphatic carbocycles. The number of nitrogen functional groups attached to an aromatic ring is 1. The highest BCUT2D eigenvalue weighted by Crippen LogP contribution is 2.28. The van der Waals surface area contributed by atoms with Gasteiger partial charge in [-0.2, -0.15) is 0 Å². The Kier molecular flexibility index (Phi) is 6.37. The molecule has 31 heavy (non-hydrogen) atoms. The Morgan fingerprint density at radius 3 is 2.48 bits per heavy atom. The van der Waals surface area contributed by atoms with Crippen LogP contribution in [0.25, 0.3) is 22.2 Å². The van der Waals surface area contributed by atoms with Crippen molar-refractivity contribution in [1.82, 2.24) is 19.9 Å². The molecule has 0 saturated heterocycles. The van der Waals surface area contributed by atoms with Gasteiger partial charge in [0, 0.05) is 18.1 Å². The number of rotatable bonds is 8. The fraction of sp³-hybridized carbons (Fsp3) is 0.292. The summed E-state index contributed by atoms with van der Waals surface area (Å²) in [7, 11) is 0. The molecule has 3 N–H and O–H groups in total. The van der Waals surface area contributed by atoms with Crippen LogP contribution in [0.15, 0.2) is 48.5 Å². The number of carbonyl (C=O) groups is 1. The van der Waals surface area contributed by atoms with Crippen molar-refractivity contribution in [3.05, 3.63) is 64.7 Å². The van der Waals surface area contributed by atoms with E-state index in [9.17, 15) is 4.79 Å². The molecule has 0 saturated carbocycles. The quantitative estimate of drug-likeness (QED) is 0.366. The molecular weight excluding hydrogens is 410 g/mol. The third kappa shape index (κ3) is 4.35. The number of halogens is 1. The molecule has 6 nitrogen and oxygen atoms in total. The molecule has 0 atom stereocenters.